The van der Waals surface area contributed by atoms with Crippen LogP contribution in [0.3, 0.4) is 0 Å². The van der Waals surface area contributed by atoms with Gasteiger partial charge in [-0.1, -0.05) is 11.6 Å². The predicted octanol–water partition coefficient (Wildman–Crippen LogP) is 1.26. The number of nitrogens with two attached hydrogens (primary N) is 1. The van der Waals surface area contributed by atoms with Crippen LogP contribution in [0.2, 0.25) is 5.02 Å². The summed E-state index contributed by atoms with van der Waals surface area (Å²) in [5.41, 5.74) is 5.56. The van der Waals surface area contributed by atoms with Gasteiger partial charge in [0.15, 0.2) is 0 Å². The molecule has 1 amide bonds. The lowest BCUT2D eigenvalue weighted by Gasteiger charge is -2.31. The average Bonchev–Trinajstić information content (AvgIpc) is 2.55. The van der Waals surface area contributed by atoms with Crippen molar-refractivity contribution >= 4 is 27.5 Å². The summed E-state index contributed by atoms with van der Waals surface area (Å²) in [6.07, 6.45) is 1.18. The summed E-state index contributed by atoms with van der Waals surface area (Å²) in [4.78, 5) is 11.9. The largest absolute Gasteiger partial charge is 0.355 e. The highest BCUT2D eigenvalue weighted by Gasteiger charge is 2.34. The molecule has 1 heterocycles. The van der Waals surface area contributed by atoms with Crippen molar-refractivity contribution in [2.24, 2.45) is 11.7 Å². The molecule has 134 valence electrons. The number of carbonyl (C=O) groups excluding carboxylic acids is 1. The Kier molecular flexibility index (Phi) is 6.19. The Bertz CT molecular complexity index is 727. The zero-order valence-electron chi connectivity index (χ0n) is 13.4. The Hall–Kier alpha value is -1.22. The normalized spacial score (nSPS) is 19.2. The van der Waals surface area contributed by atoms with Crippen molar-refractivity contribution < 1.29 is 17.6 Å². The van der Waals surface area contributed by atoms with Gasteiger partial charge in [0.25, 0.3) is 0 Å². The Morgan fingerprint density at radius 3 is 2.88 bits per heavy atom. The van der Waals surface area contributed by atoms with E-state index >= 15 is 0 Å². The van der Waals surface area contributed by atoms with Gasteiger partial charge >= 0.3 is 0 Å². The fraction of sp³-hybridized carbons (Fsp3) is 0.533. The number of carbonyl (C=O) groups is 1. The number of amides is 1. The van der Waals surface area contributed by atoms with Gasteiger partial charge in [-0.3, -0.25) is 4.79 Å². The Morgan fingerprint density at radius 1 is 1.50 bits per heavy atom. The van der Waals surface area contributed by atoms with Gasteiger partial charge < -0.3 is 11.1 Å². The minimum atomic E-state index is -3.89. The second kappa shape index (κ2) is 7.77. The van der Waals surface area contributed by atoms with Crippen molar-refractivity contribution in [3.8, 4) is 0 Å². The first-order chi connectivity index (χ1) is 11.3. The minimum absolute atomic E-state index is 0.0749. The van der Waals surface area contributed by atoms with E-state index in [0.29, 0.717) is 32.5 Å². The molecule has 0 radical (unpaired) electrons. The van der Waals surface area contributed by atoms with Crippen LogP contribution in [0.5, 0.6) is 0 Å². The van der Waals surface area contributed by atoms with Crippen LogP contribution in [0.1, 0.15) is 18.4 Å². The number of halogens is 2. The molecule has 0 spiro atoms. The van der Waals surface area contributed by atoms with Gasteiger partial charge in [0.05, 0.1) is 10.9 Å². The summed E-state index contributed by atoms with van der Waals surface area (Å²) in [5.74, 6) is -1.20. The quantitative estimate of drug-likeness (QED) is 0.808. The van der Waals surface area contributed by atoms with Gasteiger partial charge in [-0.15, -0.1) is 0 Å². The van der Waals surface area contributed by atoms with E-state index in [1.807, 2.05) is 0 Å². The molecule has 0 bridgehead atoms. The maximum absolute atomic E-state index is 13.5. The molecule has 1 fully saturated rings. The van der Waals surface area contributed by atoms with E-state index < -0.39 is 21.8 Å². The molecule has 0 aliphatic carbocycles. The summed E-state index contributed by atoms with van der Waals surface area (Å²) >= 11 is 5.93. The van der Waals surface area contributed by atoms with E-state index in [1.54, 1.807) is 0 Å². The Morgan fingerprint density at radius 2 is 2.21 bits per heavy atom. The van der Waals surface area contributed by atoms with Gasteiger partial charge in [-0.2, -0.15) is 4.31 Å². The van der Waals surface area contributed by atoms with E-state index in [9.17, 15) is 17.6 Å². The molecule has 0 saturated carbocycles. The number of benzene rings is 1. The minimum Gasteiger partial charge on any atom is -0.355 e. The van der Waals surface area contributed by atoms with Gasteiger partial charge in [0.2, 0.25) is 15.9 Å². The van der Waals surface area contributed by atoms with Crippen LogP contribution in [0.4, 0.5) is 4.39 Å². The van der Waals surface area contributed by atoms with E-state index in [1.165, 1.54) is 17.3 Å². The van der Waals surface area contributed by atoms with Crippen molar-refractivity contribution in [3.05, 3.63) is 28.5 Å². The Labute approximate surface area is 146 Å². The summed E-state index contributed by atoms with van der Waals surface area (Å²) in [6, 6.07) is 2.23. The molecule has 9 heteroatoms. The smallest absolute Gasteiger partial charge is 0.244 e. The van der Waals surface area contributed by atoms with E-state index in [0.717, 1.165) is 6.07 Å². The molecule has 24 heavy (non-hydrogen) atoms. The second-order valence-electron chi connectivity index (χ2n) is 5.81. The summed E-state index contributed by atoms with van der Waals surface area (Å²) in [5, 5.41) is 2.52. The van der Waals surface area contributed by atoms with Gasteiger partial charge in [-0.05, 0) is 37.5 Å². The zero-order chi connectivity index (χ0) is 17.9. The van der Waals surface area contributed by atoms with Crippen molar-refractivity contribution in [1.82, 2.24) is 9.62 Å². The highest BCUT2D eigenvalue weighted by molar-refractivity contribution is 7.89. The third kappa shape index (κ3) is 4.05. The van der Waals surface area contributed by atoms with Crippen LogP contribution < -0.4 is 11.1 Å². The summed E-state index contributed by atoms with van der Waals surface area (Å²) < 4.78 is 40.4. The number of nitrogens with zero attached hydrogens (tertiary/aromatic N) is 1. The standard InChI is InChI=1S/C15H21ClFN3O3S/c1-10-7-14(12(16)8-13(10)17)24(22,23)20-6-2-3-11(9-20)15(21)19-5-4-18/h7-8,11H,2-6,9,18H2,1H3,(H,19,21). The molecule has 0 aromatic heterocycles. The number of hydrogen-bond acceptors (Lipinski definition) is 4. The van der Waals surface area contributed by atoms with E-state index in [4.69, 9.17) is 17.3 Å². The lowest BCUT2D eigenvalue weighted by atomic mass is 9.99. The monoisotopic (exact) mass is 377 g/mol. The lowest BCUT2D eigenvalue weighted by Crippen LogP contribution is -2.46. The van der Waals surface area contributed by atoms with Crippen LogP contribution in [0.25, 0.3) is 0 Å². The SMILES string of the molecule is Cc1cc(S(=O)(=O)N2CCCC(C(=O)NCCN)C2)c(Cl)cc1F. The number of aryl methyl sites for hydroxylation is 1. The molecular weight excluding hydrogens is 357 g/mol. The molecule has 1 aromatic rings. The van der Waals surface area contributed by atoms with Gasteiger partial charge in [0, 0.05) is 26.2 Å². The lowest BCUT2D eigenvalue weighted by molar-refractivity contribution is -0.126. The third-order valence-corrected chi connectivity index (χ3v) is 6.36. The van der Waals surface area contributed by atoms with E-state index in [2.05, 4.69) is 5.32 Å². The van der Waals surface area contributed by atoms with Crippen LogP contribution in [-0.2, 0) is 14.8 Å². The highest BCUT2D eigenvalue weighted by Crippen LogP contribution is 2.30. The van der Waals surface area contributed by atoms with Crippen LogP contribution in [-0.4, -0.2) is 44.8 Å². The predicted molar refractivity (Wildman–Crippen MR) is 89.7 cm³/mol. The number of sulfonamides is 1. The maximum Gasteiger partial charge on any atom is 0.244 e. The molecule has 1 atom stereocenters. The first-order valence-corrected chi connectivity index (χ1v) is 9.52. The van der Waals surface area contributed by atoms with Crippen molar-refractivity contribution in [3.63, 3.8) is 0 Å². The first kappa shape index (κ1) is 19.1. The fourth-order valence-corrected chi connectivity index (χ4v) is 4.78. The molecule has 2 rings (SSSR count). The molecule has 6 nitrogen and oxygen atoms in total. The van der Waals surface area contributed by atoms with Gasteiger partial charge in [-0.25, -0.2) is 12.8 Å². The third-order valence-electron chi connectivity index (χ3n) is 4.03. The molecule has 1 aliphatic rings. The second-order valence-corrected chi connectivity index (χ2v) is 8.13. The number of piperidine rings is 1. The zero-order valence-corrected chi connectivity index (χ0v) is 15.0. The van der Waals surface area contributed by atoms with Crippen molar-refractivity contribution in [1.29, 1.82) is 0 Å². The molecule has 3 N–H and O–H groups in total. The number of hydrogen-bond donors (Lipinski definition) is 2. The van der Waals surface area contributed by atoms with Crippen LogP contribution >= 0.6 is 11.6 Å². The Balaban J connectivity index is 2.23. The molecule has 1 aromatic carbocycles. The van der Waals surface area contributed by atoms with Crippen LogP contribution in [0, 0.1) is 18.7 Å². The number of nitrogens with one attached hydrogen (secondary N) is 1. The van der Waals surface area contributed by atoms with Crippen LogP contribution in [0.15, 0.2) is 17.0 Å². The highest BCUT2D eigenvalue weighted by atomic mass is 35.5. The topological polar surface area (TPSA) is 92.5 Å². The number of rotatable bonds is 5. The molecule has 1 saturated heterocycles. The molecule has 1 aliphatic heterocycles. The maximum atomic E-state index is 13.5. The average molecular weight is 378 g/mol. The van der Waals surface area contributed by atoms with Crippen molar-refractivity contribution in [2.75, 3.05) is 26.2 Å². The summed E-state index contributed by atoms with van der Waals surface area (Å²) in [6.45, 7) is 2.53. The first-order valence-electron chi connectivity index (χ1n) is 7.71. The van der Waals surface area contributed by atoms with Crippen molar-refractivity contribution in [2.45, 2.75) is 24.7 Å². The molecular formula is C15H21ClFN3O3S. The van der Waals surface area contributed by atoms with Gasteiger partial charge in [0.1, 0.15) is 10.7 Å². The fourth-order valence-electron chi connectivity index (χ4n) is 2.68. The summed E-state index contributed by atoms with van der Waals surface area (Å²) in [7, 11) is -3.89. The molecule has 1 unspecified atom stereocenters. The van der Waals surface area contributed by atoms with E-state index in [-0.39, 0.29) is 27.9 Å².